The number of nitrogens with zero attached hydrogens (tertiary/aromatic N) is 1. The van der Waals surface area contributed by atoms with Crippen LogP contribution in [0.1, 0.15) is 50.2 Å². The molecule has 2 unspecified atom stereocenters. The molecule has 106 valence electrons. The summed E-state index contributed by atoms with van der Waals surface area (Å²) in [6.45, 7) is 3.78. The molecule has 0 radical (unpaired) electrons. The Balaban J connectivity index is 2.22. The van der Waals surface area contributed by atoms with Crippen molar-refractivity contribution in [2.24, 2.45) is 5.41 Å². The first-order chi connectivity index (χ1) is 9.60. The van der Waals surface area contributed by atoms with Crippen LogP contribution in [-0.2, 0) is 16.0 Å². The van der Waals surface area contributed by atoms with Crippen molar-refractivity contribution in [2.75, 3.05) is 6.61 Å². The smallest absolute Gasteiger partial charge is 0.326 e. The maximum absolute atomic E-state index is 12.0. The van der Waals surface area contributed by atoms with E-state index in [1.54, 1.807) is 13.8 Å². The first kappa shape index (κ1) is 14.6. The lowest BCUT2D eigenvalue weighted by Gasteiger charge is -2.30. The summed E-state index contributed by atoms with van der Waals surface area (Å²) in [5.41, 5.74) is 1.60. The zero-order chi connectivity index (χ0) is 14.6. The summed E-state index contributed by atoms with van der Waals surface area (Å²) in [4.78, 5) is 12.0. The number of carbonyl (C=O) groups excluding carboxylic acids is 1. The quantitative estimate of drug-likeness (QED) is 0.786. The number of esters is 1. The Hall–Kier alpha value is -1.82. The van der Waals surface area contributed by atoms with E-state index in [9.17, 15) is 10.1 Å². The number of rotatable bonds is 4. The molecule has 20 heavy (non-hydrogen) atoms. The average molecular weight is 271 g/mol. The molecule has 0 heterocycles. The van der Waals surface area contributed by atoms with Gasteiger partial charge in [-0.15, -0.1) is 0 Å². The van der Waals surface area contributed by atoms with Gasteiger partial charge in [-0.05, 0) is 56.6 Å². The Morgan fingerprint density at radius 3 is 2.95 bits per heavy atom. The van der Waals surface area contributed by atoms with E-state index in [1.807, 2.05) is 6.07 Å². The minimum atomic E-state index is -1.05. The van der Waals surface area contributed by atoms with E-state index in [4.69, 9.17) is 4.74 Å². The van der Waals surface area contributed by atoms with Gasteiger partial charge in [-0.25, -0.2) is 0 Å². The number of ether oxygens (including phenoxy) is 1. The van der Waals surface area contributed by atoms with Crippen LogP contribution in [-0.4, -0.2) is 12.6 Å². The zero-order valence-electron chi connectivity index (χ0n) is 12.2. The Morgan fingerprint density at radius 1 is 1.50 bits per heavy atom. The second-order valence-electron chi connectivity index (χ2n) is 5.66. The molecule has 1 aromatic rings. The lowest BCUT2D eigenvalue weighted by atomic mass is 9.73. The Kier molecular flexibility index (Phi) is 4.44. The van der Waals surface area contributed by atoms with E-state index < -0.39 is 11.4 Å². The first-order valence-electron chi connectivity index (χ1n) is 7.27. The van der Waals surface area contributed by atoms with Gasteiger partial charge in [0.25, 0.3) is 0 Å². The fourth-order valence-electron chi connectivity index (χ4n) is 3.02. The van der Waals surface area contributed by atoms with Crippen molar-refractivity contribution in [1.82, 2.24) is 0 Å². The number of nitriles is 1. The highest BCUT2D eigenvalue weighted by molar-refractivity contribution is 5.79. The van der Waals surface area contributed by atoms with Crippen molar-refractivity contribution in [2.45, 2.75) is 45.4 Å². The van der Waals surface area contributed by atoms with Crippen LogP contribution in [0.15, 0.2) is 24.3 Å². The summed E-state index contributed by atoms with van der Waals surface area (Å²) in [7, 11) is 0. The summed E-state index contributed by atoms with van der Waals surface area (Å²) >= 11 is 0. The molecule has 0 spiro atoms. The van der Waals surface area contributed by atoms with Crippen molar-refractivity contribution in [3.63, 3.8) is 0 Å². The van der Waals surface area contributed by atoms with E-state index >= 15 is 0 Å². The molecule has 0 saturated heterocycles. The van der Waals surface area contributed by atoms with Gasteiger partial charge in [0, 0.05) is 0 Å². The van der Waals surface area contributed by atoms with Gasteiger partial charge in [0.05, 0.1) is 12.7 Å². The van der Waals surface area contributed by atoms with Crippen LogP contribution in [0.5, 0.6) is 0 Å². The van der Waals surface area contributed by atoms with E-state index in [-0.39, 0.29) is 5.92 Å². The molecule has 1 aliphatic carbocycles. The highest BCUT2D eigenvalue weighted by atomic mass is 16.5. The summed E-state index contributed by atoms with van der Waals surface area (Å²) in [6.07, 6.45) is 3.79. The van der Waals surface area contributed by atoms with Crippen LogP contribution < -0.4 is 0 Å². The van der Waals surface area contributed by atoms with E-state index in [2.05, 4.69) is 24.3 Å². The van der Waals surface area contributed by atoms with Gasteiger partial charge in [0.1, 0.15) is 0 Å². The Bertz CT molecular complexity index is 532. The van der Waals surface area contributed by atoms with Gasteiger partial charge < -0.3 is 4.74 Å². The standard InChI is InChI=1S/C17H21NO2/c1-3-20-16(19)17(2,12-18)11-14-9-6-8-13-7-4-5-10-15(13)14/h4-5,7,10,14H,3,6,8-9,11H2,1-2H3. The lowest BCUT2D eigenvalue weighted by molar-refractivity contribution is -0.151. The molecule has 3 nitrogen and oxygen atoms in total. The minimum Gasteiger partial charge on any atom is -0.465 e. The van der Waals surface area contributed by atoms with Gasteiger partial charge in [-0.2, -0.15) is 5.26 Å². The van der Waals surface area contributed by atoms with Crippen molar-refractivity contribution in [3.05, 3.63) is 35.4 Å². The lowest BCUT2D eigenvalue weighted by Crippen LogP contribution is -2.31. The molecular formula is C17H21NO2. The molecule has 2 rings (SSSR count). The number of benzene rings is 1. The summed E-state index contributed by atoms with van der Waals surface area (Å²) < 4.78 is 5.07. The van der Waals surface area contributed by atoms with Crippen molar-refractivity contribution in [3.8, 4) is 6.07 Å². The molecule has 0 amide bonds. The van der Waals surface area contributed by atoms with Crippen LogP contribution >= 0.6 is 0 Å². The maximum atomic E-state index is 12.0. The van der Waals surface area contributed by atoms with E-state index in [0.717, 1.165) is 19.3 Å². The van der Waals surface area contributed by atoms with Crippen LogP contribution in [0.2, 0.25) is 0 Å². The molecule has 0 bridgehead atoms. The fraction of sp³-hybridized carbons (Fsp3) is 0.529. The Morgan fingerprint density at radius 2 is 2.25 bits per heavy atom. The Labute approximate surface area is 120 Å². The third-order valence-corrected chi connectivity index (χ3v) is 4.12. The van der Waals surface area contributed by atoms with Crippen LogP contribution in [0, 0.1) is 16.7 Å². The second-order valence-corrected chi connectivity index (χ2v) is 5.66. The maximum Gasteiger partial charge on any atom is 0.326 e. The van der Waals surface area contributed by atoms with Gasteiger partial charge in [0.2, 0.25) is 0 Å². The van der Waals surface area contributed by atoms with Gasteiger partial charge in [0.15, 0.2) is 5.41 Å². The van der Waals surface area contributed by atoms with Crippen LogP contribution in [0.3, 0.4) is 0 Å². The highest BCUT2D eigenvalue weighted by Gasteiger charge is 2.38. The van der Waals surface area contributed by atoms with Crippen LogP contribution in [0.4, 0.5) is 0 Å². The molecule has 1 aliphatic rings. The average Bonchev–Trinajstić information content (AvgIpc) is 2.48. The molecule has 0 saturated carbocycles. The first-order valence-corrected chi connectivity index (χ1v) is 7.27. The zero-order valence-corrected chi connectivity index (χ0v) is 12.2. The van der Waals surface area contributed by atoms with Crippen molar-refractivity contribution < 1.29 is 9.53 Å². The molecule has 0 N–H and O–H groups in total. The molecule has 0 aromatic heterocycles. The SMILES string of the molecule is CCOC(=O)C(C)(C#N)CC1CCCc2ccccc21. The molecule has 0 aliphatic heterocycles. The predicted molar refractivity (Wildman–Crippen MR) is 77.1 cm³/mol. The van der Waals surface area contributed by atoms with E-state index in [1.165, 1.54) is 11.1 Å². The number of hydrogen-bond acceptors (Lipinski definition) is 3. The molecule has 1 aromatic carbocycles. The number of carbonyl (C=O) groups is 1. The van der Waals surface area contributed by atoms with Crippen LogP contribution in [0.25, 0.3) is 0 Å². The summed E-state index contributed by atoms with van der Waals surface area (Å²) in [5.74, 6) is -0.125. The molecular weight excluding hydrogens is 250 g/mol. The number of aryl methyl sites for hydroxylation is 1. The predicted octanol–water partition coefficient (Wildman–Crippen LogP) is 3.59. The highest BCUT2D eigenvalue weighted by Crippen LogP contribution is 2.40. The van der Waals surface area contributed by atoms with Gasteiger partial charge in [-0.3, -0.25) is 4.79 Å². The summed E-state index contributed by atoms with van der Waals surface area (Å²) in [5, 5.41) is 9.41. The normalized spacial score (nSPS) is 20.4. The second kappa shape index (κ2) is 6.09. The van der Waals surface area contributed by atoms with Gasteiger partial charge >= 0.3 is 5.97 Å². The fourth-order valence-corrected chi connectivity index (χ4v) is 3.02. The summed E-state index contributed by atoms with van der Waals surface area (Å²) in [6, 6.07) is 10.5. The van der Waals surface area contributed by atoms with Gasteiger partial charge in [-0.1, -0.05) is 24.3 Å². The third-order valence-electron chi connectivity index (χ3n) is 4.12. The molecule has 2 atom stereocenters. The monoisotopic (exact) mass is 271 g/mol. The molecule has 3 heteroatoms. The number of hydrogen-bond donors (Lipinski definition) is 0. The third kappa shape index (κ3) is 2.85. The van der Waals surface area contributed by atoms with Crippen molar-refractivity contribution in [1.29, 1.82) is 5.26 Å². The molecule has 0 fully saturated rings. The van der Waals surface area contributed by atoms with E-state index in [0.29, 0.717) is 13.0 Å². The largest absolute Gasteiger partial charge is 0.465 e. The minimum absolute atomic E-state index is 0.272. The van der Waals surface area contributed by atoms with Crippen molar-refractivity contribution >= 4 is 5.97 Å². The number of fused-ring (bicyclic) bond motifs is 1. The topological polar surface area (TPSA) is 50.1 Å².